The summed E-state index contributed by atoms with van der Waals surface area (Å²) >= 11 is 5.79. The SMILES string of the molecule is CCOC(=O)N1CC(F)(F)C1(N)c1ccc(Cl)c(C(N)=O)c1. The number of benzene rings is 1. The van der Waals surface area contributed by atoms with Gasteiger partial charge in [-0.3, -0.25) is 15.4 Å². The zero-order valence-electron chi connectivity index (χ0n) is 11.6. The van der Waals surface area contributed by atoms with E-state index in [9.17, 15) is 18.4 Å². The van der Waals surface area contributed by atoms with Gasteiger partial charge < -0.3 is 10.5 Å². The third-order valence-electron chi connectivity index (χ3n) is 3.50. The van der Waals surface area contributed by atoms with E-state index in [-0.39, 0.29) is 22.8 Å². The molecule has 1 aromatic carbocycles. The molecule has 0 bridgehead atoms. The number of rotatable bonds is 3. The summed E-state index contributed by atoms with van der Waals surface area (Å²) in [7, 11) is 0. The second kappa shape index (κ2) is 5.36. The van der Waals surface area contributed by atoms with Crippen molar-refractivity contribution in [2.75, 3.05) is 13.2 Å². The minimum absolute atomic E-state index is 0.00479. The highest BCUT2D eigenvalue weighted by Gasteiger charge is 2.68. The summed E-state index contributed by atoms with van der Waals surface area (Å²) in [5, 5.41) is 0.00479. The van der Waals surface area contributed by atoms with Gasteiger partial charge >= 0.3 is 12.0 Å². The number of carbonyl (C=O) groups is 2. The van der Waals surface area contributed by atoms with Crippen molar-refractivity contribution in [1.29, 1.82) is 0 Å². The van der Waals surface area contributed by atoms with Crippen LogP contribution in [0.3, 0.4) is 0 Å². The number of hydrogen-bond acceptors (Lipinski definition) is 4. The number of nitrogens with two attached hydrogens (primary N) is 2. The molecule has 1 aliphatic heterocycles. The largest absolute Gasteiger partial charge is 0.450 e. The molecule has 0 radical (unpaired) electrons. The highest BCUT2D eigenvalue weighted by molar-refractivity contribution is 6.33. The van der Waals surface area contributed by atoms with Gasteiger partial charge in [-0.15, -0.1) is 0 Å². The first kappa shape index (κ1) is 16.4. The fourth-order valence-corrected chi connectivity index (χ4v) is 2.49. The number of carbonyl (C=O) groups excluding carboxylic acids is 2. The van der Waals surface area contributed by atoms with Crippen LogP contribution in [-0.4, -0.2) is 36.0 Å². The molecular weight excluding hydrogens is 320 g/mol. The monoisotopic (exact) mass is 333 g/mol. The Morgan fingerprint density at radius 1 is 1.45 bits per heavy atom. The molecule has 0 saturated carbocycles. The third-order valence-corrected chi connectivity index (χ3v) is 3.83. The standard InChI is InChI=1S/C13H14ClF2N3O3/c1-2-22-11(21)19-6-12(15,16)13(19,18)7-3-4-9(14)8(5-7)10(17)20/h3-5H,2,6,18H2,1H3,(H2,17,20). The van der Waals surface area contributed by atoms with Gasteiger partial charge in [0.2, 0.25) is 5.91 Å². The Bertz CT molecular complexity index is 641. The van der Waals surface area contributed by atoms with E-state index in [1.807, 2.05) is 0 Å². The van der Waals surface area contributed by atoms with Crippen LogP contribution in [0.25, 0.3) is 0 Å². The van der Waals surface area contributed by atoms with E-state index in [1.165, 1.54) is 12.1 Å². The number of amides is 2. The molecule has 0 aliphatic carbocycles. The summed E-state index contributed by atoms with van der Waals surface area (Å²) in [4.78, 5) is 23.8. The van der Waals surface area contributed by atoms with Crippen LogP contribution >= 0.6 is 11.6 Å². The number of ether oxygens (including phenoxy) is 1. The summed E-state index contributed by atoms with van der Waals surface area (Å²) in [5.41, 5.74) is 8.18. The van der Waals surface area contributed by atoms with Gasteiger partial charge in [-0.2, -0.15) is 0 Å². The Morgan fingerprint density at radius 2 is 2.09 bits per heavy atom. The highest BCUT2D eigenvalue weighted by atomic mass is 35.5. The zero-order chi connectivity index (χ0) is 16.7. The Morgan fingerprint density at radius 3 is 2.59 bits per heavy atom. The third kappa shape index (κ3) is 2.28. The lowest BCUT2D eigenvalue weighted by Crippen LogP contribution is -2.78. The van der Waals surface area contributed by atoms with Crippen molar-refractivity contribution in [3.05, 3.63) is 34.3 Å². The van der Waals surface area contributed by atoms with Crippen LogP contribution in [0.2, 0.25) is 5.02 Å². The van der Waals surface area contributed by atoms with Gasteiger partial charge in [0.05, 0.1) is 23.7 Å². The summed E-state index contributed by atoms with van der Waals surface area (Å²) in [6, 6.07) is 3.50. The van der Waals surface area contributed by atoms with Crippen molar-refractivity contribution < 1.29 is 23.1 Å². The first-order valence-electron chi connectivity index (χ1n) is 6.36. The topological polar surface area (TPSA) is 98.7 Å². The minimum atomic E-state index is -3.39. The van der Waals surface area contributed by atoms with Crippen molar-refractivity contribution in [1.82, 2.24) is 4.90 Å². The van der Waals surface area contributed by atoms with E-state index in [1.54, 1.807) is 6.92 Å². The van der Waals surface area contributed by atoms with E-state index in [0.717, 1.165) is 6.07 Å². The van der Waals surface area contributed by atoms with Crippen molar-refractivity contribution in [3.63, 3.8) is 0 Å². The maximum absolute atomic E-state index is 14.0. The lowest BCUT2D eigenvalue weighted by Gasteiger charge is -2.54. The molecule has 1 aliphatic rings. The van der Waals surface area contributed by atoms with Crippen LogP contribution in [0, 0.1) is 0 Å². The zero-order valence-corrected chi connectivity index (χ0v) is 12.4. The van der Waals surface area contributed by atoms with Crippen LogP contribution in [0.1, 0.15) is 22.8 Å². The Kier molecular flexibility index (Phi) is 4.01. The lowest BCUT2D eigenvalue weighted by molar-refractivity contribution is -0.235. The van der Waals surface area contributed by atoms with Crippen molar-refractivity contribution in [2.45, 2.75) is 18.5 Å². The Hall–Kier alpha value is -1.93. The number of hydrogen-bond donors (Lipinski definition) is 2. The fraction of sp³-hybridized carbons (Fsp3) is 0.385. The normalized spacial score (nSPS) is 22.9. The molecule has 9 heteroatoms. The molecule has 1 aromatic rings. The molecule has 0 aromatic heterocycles. The first-order valence-corrected chi connectivity index (χ1v) is 6.74. The van der Waals surface area contributed by atoms with Crippen molar-refractivity contribution >= 4 is 23.6 Å². The maximum atomic E-state index is 14.0. The molecule has 1 fully saturated rings. The predicted octanol–water partition coefficient (Wildman–Crippen LogP) is 1.66. The number of likely N-dealkylation sites (tertiary alicyclic amines) is 1. The minimum Gasteiger partial charge on any atom is -0.450 e. The van der Waals surface area contributed by atoms with E-state index in [2.05, 4.69) is 0 Å². The number of nitrogens with zero attached hydrogens (tertiary/aromatic N) is 1. The van der Waals surface area contributed by atoms with Crippen LogP contribution in [-0.2, 0) is 10.4 Å². The van der Waals surface area contributed by atoms with Gasteiger partial charge in [0.25, 0.3) is 0 Å². The second-order valence-electron chi connectivity index (χ2n) is 4.81. The molecule has 4 N–H and O–H groups in total. The van der Waals surface area contributed by atoms with Crippen LogP contribution < -0.4 is 11.5 Å². The molecule has 1 heterocycles. The van der Waals surface area contributed by atoms with Gasteiger partial charge in [-0.05, 0) is 24.6 Å². The molecule has 22 heavy (non-hydrogen) atoms. The quantitative estimate of drug-likeness (QED) is 0.878. The molecule has 1 atom stereocenters. The van der Waals surface area contributed by atoms with Gasteiger partial charge in [-0.25, -0.2) is 13.6 Å². The summed E-state index contributed by atoms with van der Waals surface area (Å²) in [6.45, 7) is 0.683. The van der Waals surface area contributed by atoms with Crippen molar-refractivity contribution in [2.24, 2.45) is 11.5 Å². The lowest BCUT2D eigenvalue weighted by atomic mass is 9.83. The van der Waals surface area contributed by atoms with E-state index in [4.69, 9.17) is 27.8 Å². The van der Waals surface area contributed by atoms with E-state index < -0.39 is 30.1 Å². The number of halogens is 3. The molecule has 1 unspecified atom stereocenters. The van der Waals surface area contributed by atoms with Crippen LogP contribution in [0.15, 0.2) is 18.2 Å². The smallest absolute Gasteiger partial charge is 0.411 e. The van der Waals surface area contributed by atoms with Gasteiger partial charge in [0, 0.05) is 0 Å². The second-order valence-corrected chi connectivity index (χ2v) is 5.22. The first-order chi connectivity index (χ1) is 10.1. The molecule has 6 nitrogen and oxygen atoms in total. The molecule has 120 valence electrons. The molecule has 2 amide bonds. The van der Waals surface area contributed by atoms with Gasteiger partial charge in [-0.1, -0.05) is 17.7 Å². The summed E-state index contributed by atoms with van der Waals surface area (Å²) in [5.74, 6) is -4.27. The van der Waals surface area contributed by atoms with E-state index >= 15 is 0 Å². The average molecular weight is 334 g/mol. The molecule has 0 spiro atoms. The summed E-state index contributed by atoms with van der Waals surface area (Å²) < 4.78 is 32.8. The number of alkyl halides is 2. The van der Waals surface area contributed by atoms with Crippen LogP contribution in [0.5, 0.6) is 0 Å². The molecule has 1 saturated heterocycles. The average Bonchev–Trinajstić information content (AvgIpc) is 2.44. The number of primary amides is 1. The Labute approximate surface area is 129 Å². The van der Waals surface area contributed by atoms with Gasteiger partial charge in [0.15, 0.2) is 5.66 Å². The molecule has 2 rings (SSSR count). The maximum Gasteiger partial charge on any atom is 0.411 e. The van der Waals surface area contributed by atoms with Gasteiger partial charge in [0.1, 0.15) is 0 Å². The van der Waals surface area contributed by atoms with E-state index in [0.29, 0.717) is 4.90 Å². The fourth-order valence-electron chi connectivity index (χ4n) is 2.28. The highest BCUT2D eigenvalue weighted by Crippen LogP contribution is 2.48. The Balaban J connectivity index is 2.49. The van der Waals surface area contributed by atoms with Crippen LogP contribution in [0.4, 0.5) is 13.6 Å². The van der Waals surface area contributed by atoms with Crippen molar-refractivity contribution in [3.8, 4) is 0 Å². The summed E-state index contributed by atoms with van der Waals surface area (Å²) in [6.07, 6.45) is -0.966. The predicted molar refractivity (Wildman–Crippen MR) is 74.5 cm³/mol. The molecular formula is C13H14ClF2N3O3.